The standard InChI is InChI=1S/C18H32N4O3/c1-4-22(12-16(23)20-14(2)3)13-17(24)21-18(25)19-11-10-15-8-6-5-7-9-15/h8,14H,4-7,9-13H2,1-3H3,(H,20,23)(H2,19,21,24,25)/p+1. The summed E-state index contributed by atoms with van der Waals surface area (Å²) in [5, 5.41) is 7.86. The quantitative estimate of drug-likeness (QED) is 0.444. The third-order valence-electron chi connectivity index (χ3n) is 4.14. The van der Waals surface area contributed by atoms with Gasteiger partial charge in [0, 0.05) is 12.6 Å². The lowest BCUT2D eigenvalue weighted by Crippen LogP contribution is -3.14. The number of hydrogen-bond donors (Lipinski definition) is 4. The van der Waals surface area contributed by atoms with Crippen molar-refractivity contribution < 1.29 is 19.3 Å². The van der Waals surface area contributed by atoms with Gasteiger partial charge in [-0.1, -0.05) is 11.6 Å². The number of quaternary nitrogens is 1. The smallest absolute Gasteiger partial charge is 0.321 e. The summed E-state index contributed by atoms with van der Waals surface area (Å²) < 4.78 is 0. The molecule has 0 bridgehead atoms. The van der Waals surface area contributed by atoms with Gasteiger partial charge < -0.3 is 15.5 Å². The highest BCUT2D eigenvalue weighted by Crippen LogP contribution is 2.19. The Morgan fingerprint density at radius 2 is 1.88 bits per heavy atom. The van der Waals surface area contributed by atoms with Crippen LogP contribution >= 0.6 is 0 Å². The molecule has 0 saturated heterocycles. The molecule has 0 aromatic rings. The summed E-state index contributed by atoms with van der Waals surface area (Å²) in [6, 6.07) is -0.395. The first-order valence-corrected chi connectivity index (χ1v) is 9.29. The van der Waals surface area contributed by atoms with Crippen LogP contribution in [0, 0.1) is 0 Å². The van der Waals surface area contributed by atoms with E-state index in [1.54, 1.807) is 0 Å². The lowest BCUT2D eigenvalue weighted by atomic mass is 9.97. The second-order valence-electron chi connectivity index (χ2n) is 6.84. The number of hydrogen-bond acceptors (Lipinski definition) is 3. The zero-order valence-electron chi connectivity index (χ0n) is 15.7. The molecule has 1 unspecified atom stereocenters. The molecule has 4 N–H and O–H groups in total. The van der Waals surface area contributed by atoms with Gasteiger partial charge in [0.2, 0.25) is 0 Å². The summed E-state index contributed by atoms with van der Waals surface area (Å²) in [7, 11) is 0. The second-order valence-corrected chi connectivity index (χ2v) is 6.84. The number of likely N-dealkylation sites (N-methyl/N-ethyl adjacent to an activating group) is 1. The Labute approximate surface area is 150 Å². The lowest BCUT2D eigenvalue weighted by Gasteiger charge is -2.17. The summed E-state index contributed by atoms with van der Waals surface area (Å²) >= 11 is 0. The van der Waals surface area contributed by atoms with E-state index in [4.69, 9.17) is 0 Å². The van der Waals surface area contributed by atoms with Gasteiger partial charge >= 0.3 is 6.03 Å². The summed E-state index contributed by atoms with van der Waals surface area (Å²) in [4.78, 5) is 36.3. The number of carbonyl (C=O) groups excluding carboxylic acids is 3. The fourth-order valence-electron chi connectivity index (χ4n) is 2.82. The molecule has 1 atom stereocenters. The van der Waals surface area contributed by atoms with E-state index in [1.807, 2.05) is 20.8 Å². The highest BCUT2D eigenvalue weighted by molar-refractivity contribution is 5.94. The molecule has 25 heavy (non-hydrogen) atoms. The molecule has 0 heterocycles. The van der Waals surface area contributed by atoms with E-state index in [9.17, 15) is 14.4 Å². The molecule has 1 aliphatic rings. The largest absolute Gasteiger partial charge is 0.349 e. The number of amides is 4. The van der Waals surface area contributed by atoms with Crippen LogP contribution in [-0.4, -0.2) is 50.1 Å². The average Bonchev–Trinajstić information content (AvgIpc) is 2.54. The van der Waals surface area contributed by atoms with Crippen LogP contribution in [0.1, 0.15) is 52.9 Å². The molecule has 1 rings (SSSR count). The van der Waals surface area contributed by atoms with Crippen molar-refractivity contribution in [1.82, 2.24) is 16.0 Å². The van der Waals surface area contributed by atoms with E-state index in [0.717, 1.165) is 24.2 Å². The molecule has 0 aliphatic heterocycles. The molecular weight excluding hydrogens is 320 g/mol. The van der Waals surface area contributed by atoms with Crippen molar-refractivity contribution >= 4 is 17.8 Å². The number of nitrogens with one attached hydrogen (secondary N) is 4. The van der Waals surface area contributed by atoms with Crippen LogP contribution in [0.25, 0.3) is 0 Å². The Bertz CT molecular complexity index is 489. The predicted molar refractivity (Wildman–Crippen MR) is 97.2 cm³/mol. The van der Waals surface area contributed by atoms with Crippen LogP contribution < -0.4 is 20.9 Å². The number of urea groups is 1. The maximum Gasteiger partial charge on any atom is 0.321 e. The average molecular weight is 353 g/mol. The lowest BCUT2D eigenvalue weighted by molar-refractivity contribution is -0.881. The summed E-state index contributed by atoms with van der Waals surface area (Å²) in [6.07, 6.45) is 7.78. The molecule has 0 radical (unpaired) electrons. The first-order chi connectivity index (χ1) is 11.9. The van der Waals surface area contributed by atoms with Crippen molar-refractivity contribution in [3.63, 3.8) is 0 Å². The Balaban J connectivity index is 2.25. The maximum absolute atomic E-state index is 12.0. The van der Waals surface area contributed by atoms with E-state index >= 15 is 0 Å². The Morgan fingerprint density at radius 3 is 2.48 bits per heavy atom. The highest BCUT2D eigenvalue weighted by atomic mass is 16.2. The van der Waals surface area contributed by atoms with Crippen LogP contribution in [0.15, 0.2) is 11.6 Å². The first kappa shape index (κ1) is 21.2. The Hall–Kier alpha value is -1.89. The molecule has 0 fully saturated rings. The van der Waals surface area contributed by atoms with Gasteiger partial charge in [0.25, 0.3) is 11.8 Å². The van der Waals surface area contributed by atoms with Crippen molar-refractivity contribution in [3.8, 4) is 0 Å². The fraction of sp³-hybridized carbons (Fsp3) is 0.722. The third-order valence-corrected chi connectivity index (χ3v) is 4.14. The second kappa shape index (κ2) is 11.6. The predicted octanol–water partition coefficient (Wildman–Crippen LogP) is 0.132. The van der Waals surface area contributed by atoms with Crippen molar-refractivity contribution in [3.05, 3.63) is 11.6 Å². The molecule has 7 heteroatoms. The van der Waals surface area contributed by atoms with E-state index in [0.29, 0.717) is 13.1 Å². The molecule has 4 amide bonds. The minimum absolute atomic E-state index is 0.0736. The number of imide groups is 1. The first-order valence-electron chi connectivity index (χ1n) is 9.29. The Kier molecular flexibility index (Phi) is 9.84. The maximum atomic E-state index is 12.0. The SMILES string of the molecule is CC[NH+](CC(=O)NC(=O)NCCC1=CCCCC1)CC(=O)NC(C)C. The zero-order chi connectivity index (χ0) is 18.7. The molecule has 1 aliphatic carbocycles. The van der Waals surface area contributed by atoms with Crippen LogP contribution in [0.3, 0.4) is 0 Å². The van der Waals surface area contributed by atoms with Crippen LogP contribution in [0.4, 0.5) is 4.79 Å². The topological polar surface area (TPSA) is 91.7 Å². The minimum Gasteiger partial charge on any atom is -0.349 e. The van der Waals surface area contributed by atoms with Crippen molar-refractivity contribution in [1.29, 1.82) is 0 Å². The van der Waals surface area contributed by atoms with Crippen molar-refractivity contribution in [2.75, 3.05) is 26.2 Å². The van der Waals surface area contributed by atoms with E-state index < -0.39 is 6.03 Å². The number of rotatable bonds is 9. The number of allylic oxidation sites excluding steroid dienone is 1. The van der Waals surface area contributed by atoms with Gasteiger partial charge in [-0.25, -0.2) is 4.79 Å². The summed E-state index contributed by atoms with van der Waals surface area (Å²) in [5.74, 6) is -0.464. The molecule has 142 valence electrons. The van der Waals surface area contributed by atoms with Gasteiger partial charge in [0.05, 0.1) is 6.54 Å². The summed E-state index contributed by atoms with van der Waals surface area (Å²) in [6.45, 7) is 7.18. The van der Waals surface area contributed by atoms with E-state index in [2.05, 4.69) is 22.0 Å². The molecule has 0 aromatic carbocycles. The van der Waals surface area contributed by atoms with Gasteiger partial charge in [-0.2, -0.15) is 0 Å². The van der Waals surface area contributed by atoms with Crippen molar-refractivity contribution in [2.24, 2.45) is 0 Å². The Morgan fingerprint density at radius 1 is 1.16 bits per heavy atom. The monoisotopic (exact) mass is 353 g/mol. The van der Waals surface area contributed by atoms with Gasteiger partial charge in [-0.15, -0.1) is 0 Å². The van der Waals surface area contributed by atoms with Gasteiger partial charge in [-0.05, 0) is 52.9 Å². The van der Waals surface area contributed by atoms with Crippen LogP contribution in [0.2, 0.25) is 0 Å². The third kappa shape index (κ3) is 9.86. The number of carbonyl (C=O) groups is 3. The van der Waals surface area contributed by atoms with Crippen molar-refractivity contribution in [2.45, 2.75) is 58.9 Å². The molecule has 0 aromatic heterocycles. The molecule has 0 saturated carbocycles. The highest BCUT2D eigenvalue weighted by Gasteiger charge is 2.18. The normalized spacial score (nSPS) is 15.3. The zero-order valence-corrected chi connectivity index (χ0v) is 15.7. The molecule has 7 nitrogen and oxygen atoms in total. The van der Waals surface area contributed by atoms with E-state index in [-0.39, 0.29) is 30.9 Å². The molecule has 0 spiro atoms. The minimum atomic E-state index is -0.469. The summed E-state index contributed by atoms with van der Waals surface area (Å²) in [5.41, 5.74) is 1.38. The van der Waals surface area contributed by atoms with E-state index in [1.165, 1.54) is 18.4 Å². The van der Waals surface area contributed by atoms with Gasteiger partial charge in [-0.3, -0.25) is 14.9 Å². The fourth-order valence-corrected chi connectivity index (χ4v) is 2.82. The van der Waals surface area contributed by atoms with Crippen LogP contribution in [-0.2, 0) is 9.59 Å². The molecular formula is C18H33N4O3+. The van der Waals surface area contributed by atoms with Crippen LogP contribution in [0.5, 0.6) is 0 Å². The van der Waals surface area contributed by atoms with Gasteiger partial charge in [0.15, 0.2) is 13.1 Å². The van der Waals surface area contributed by atoms with Gasteiger partial charge in [0.1, 0.15) is 0 Å².